The third-order valence-electron chi connectivity index (χ3n) is 1.93. The van der Waals surface area contributed by atoms with E-state index in [4.69, 9.17) is 0 Å². The van der Waals surface area contributed by atoms with Crippen LogP contribution in [0.25, 0.3) is 0 Å². The Morgan fingerprint density at radius 1 is 1.47 bits per heavy atom. The molecule has 0 aliphatic heterocycles. The number of quaternary nitrogens is 1. The Bertz CT molecular complexity index is 379. The van der Waals surface area contributed by atoms with E-state index in [0.717, 1.165) is 0 Å². The van der Waals surface area contributed by atoms with Crippen molar-refractivity contribution in [2.75, 3.05) is 0 Å². The van der Waals surface area contributed by atoms with Gasteiger partial charge in [0.25, 0.3) is 5.69 Å². The molecule has 1 N–H and O–H groups in total. The summed E-state index contributed by atoms with van der Waals surface area (Å²) >= 11 is 0. The lowest BCUT2D eigenvalue weighted by Gasteiger charge is -2.24. The van der Waals surface area contributed by atoms with Crippen molar-refractivity contribution in [2.45, 2.75) is 26.8 Å². The van der Waals surface area contributed by atoms with Crippen LogP contribution in [0.1, 0.15) is 19.5 Å². The lowest BCUT2D eigenvalue weighted by atomic mass is 10.3. The van der Waals surface area contributed by atoms with E-state index in [2.05, 4.69) is 4.98 Å². The second-order valence-corrected chi connectivity index (χ2v) is 3.63. The van der Waals surface area contributed by atoms with E-state index in [0.29, 0.717) is 5.69 Å². The van der Waals surface area contributed by atoms with E-state index in [1.165, 1.54) is 12.1 Å². The van der Waals surface area contributed by atoms with Crippen molar-refractivity contribution in [3.63, 3.8) is 0 Å². The summed E-state index contributed by atoms with van der Waals surface area (Å²) in [7, 11) is 0. The number of hydrogen-bond acceptors (Lipinski definition) is 4. The van der Waals surface area contributed by atoms with Gasteiger partial charge in [0.15, 0.2) is 0 Å². The first-order valence-electron chi connectivity index (χ1n) is 4.59. The van der Waals surface area contributed by atoms with Crippen molar-refractivity contribution in [1.82, 2.24) is 4.98 Å². The van der Waals surface area contributed by atoms with Crippen molar-refractivity contribution in [3.8, 4) is 0 Å². The van der Waals surface area contributed by atoms with E-state index in [1.807, 2.05) is 0 Å². The highest BCUT2D eigenvalue weighted by Crippen LogP contribution is 2.14. The Kier molecular flexibility index (Phi) is 3.33. The molecule has 1 heterocycles. The molecule has 1 atom stereocenters. The summed E-state index contributed by atoms with van der Waals surface area (Å²) in [4.78, 5) is 14.0. The van der Waals surface area contributed by atoms with Crippen molar-refractivity contribution in [1.29, 1.82) is 0 Å². The molecule has 0 aliphatic carbocycles. The first kappa shape index (κ1) is 11.5. The monoisotopic (exact) mass is 211 g/mol. The molecule has 0 saturated carbocycles. The van der Waals surface area contributed by atoms with Crippen LogP contribution in [0.5, 0.6) is 0 Å². The molecule has 0 aliphatic rings. The fourth-order valence-corrected chi connectivity index (χ4v) is 1.18. The molecule has 82 valence electrons. The molecule has 0 amide bonds. The Balaban J connectivity index is 3.14. The number of aromatic nitrogens is 1. The molecule has 1 aromatic rings. The van der Waals surface area contributed by atoms with E-state index >= 15 is 0 Å². The zero-order valence-electron chi connectivity index (χ0n) is 8.85. The number of pyridine rings is 1. The third-order valence-corrected chi connectivity index (χ3v) is 1.93. The topological polar surface area (TPSA) is 83.5 Å². The molecule has 0 fully saturated rings. The van der Waals surface area contributed by atoms with Gasteiger partial charge in [0.05, 0.1) is 22.7 Å². The maximum absolute atomic E-state index is 11.6. The van der Waals surface area contributed by atoms with Gasteiger partial charge in [-0.1, -0.05) is 0 Å². The minimum absolute atomic E-state index is 0.0912. The van der Waals surface area contributed by atoms with Crippen LogP contribution in [-0.2, 0) is 0 Å². The Morgan fingerprint density at radius 3 is 2.53 bits per heavy atom. The zero-order chi connectivity index (χ0) is 11.6. The van der Waals surface area contributed by atoms with Crippen LogP contribution >= 0.6 is 0 Å². The van der Waals surface area contributed by atoms with Gasteiger partial charge >= 0.3 is 0 Å². The van der Waals surface area contributed by atoms with Gasteiger partial charge in [0, 0.05) is 6.07 Å². The number of hydroxylamine groups is 1. The van der Waals surface area contributed by atoms with Gasteiger partial charge in [-0.15, -0.1) is 0 Å². The summed E-state index contributed by atoms with van der Waals surface area (Å²) < 4.78 is 0. The second kappa shape index (κ2) is 4.33. The lowest BCUT2D eigenvalue weighted by Crippen LogP contribution is -3.05. The Morgan fingerprint density at radius 2 is 2.07 bits per heavy atom. The molecule has 0 radical (unpaired) electrons. The third kappa shape index (κ3) is 2.71. The smallest absolute Gasteiger partial charge is 0.278 e. The van der Waals surface area contributed by atoms with Crippen LogP contribution in [0.4, 0.5) is 11.5 Å². The molecule has 0 bridgehead atoms. The minimum atomic E-state index is -0.522. The van der Waals surface area contributed by atoms with E-state index < -0.39 is 4.92 Å². The molecule has 0 spiro atoms. The SMILES string of the molecule is Cc1cc([N+](=O)[O-])cc([NH+]([O-])C(C)C)n1. The first-order valence-corrected chi connectivity index (χ1v) is 4.59. The van der Waals surface area contributed by atoms with Gasteiger partial charge in [0.2, 0.25) is 5.82 Å². The van der Waals surface area contributed by atoms with Gasteiger partial charge in [-0.25, -0.2) is 4.98 Å². The lowest BCUT2D eigenvalue weighted by molar-refractivity contribution is -0.804. The number of nitrogens with zero attached hydrogens (tertiary/aromatic N) is 2. The van der Waals surface area contributed by atoms with Gasteiger partial charge in [-0.05, 0) is 20.8 Å². The van der Waals surface area contributed by atoms with Crippen LogP contribution in [0.15, 0.2) is 12.1 Å². The van der Waals surface area contributed by atoms with Crippen LogP contribution in [0.2, 0.25) is 0 Å². The van der Waals surface area contributed by atoms with Gasteiger partial charge < -0.3 is 10.3 Å². The van der Waals surface area contributed by atoms with Gasteiger partial charge in [0.1, 0.15) is 0 Å². The summed E-state index contributed by atoms with van der Waals surface area (Å²) in [6.07, 6.45) is 0. The Hall–Kier alpha value is -1.53. The molecule has 15 heavy (non-hydrogen) atoms. The highest BCUT2D eigenvalue weighted by Gasteiger charge is 2.15. The molecule has 6 heteroatoms. The molecular weight excluding hydrogens is 198 g/mol. The standard InChI is InChI=1S/C9H13N3O3/c1-6(2)11(13)9-5-8(12(14)15)4-7(3)10-9/h4-6,11H,1-3H3. The number of nitrogens with one attached hydrogen (secondary N) is 1. The number of rotatable bonds is 3. The number of aryl methyl sites for hydroxylation is 1. The maximum atomic E-state index is 11.6. The van der Waals surface area contributed by atoms with Crippen LogP contribution < -0.4 is 5.06 Å². The van der Waals surface area contributed by atoms with Crippen LogP contribution in [0.3, 0.4) is 0 Å². The van der Waals surface area contributed by atoms with Crippen molar-refractivity contribution < 1.29 is 9.99 Å². The predicted molar refractivity (Wildman–Crippen MR) is 54.8 cm³/mol. The van der Waals surface area contributed by atoms with E-state index in [-0.39, 0.29) is 22.6 Å². The summed E-state index contributed by atoms with van der Waals surface area (Å²) in [6.45, 7) is 5.10. The quantitative estimate of drug-likeness (QED) is 0.589. The maximum Gasteiger partial charge on any atom is 0.278 e. The number of hydrogen-bond donors (Lipinski definition) is 1. The summed E-state index contributed by atoms with van der Waals surface area (Å²) in [5.74, 6) is 0.164. The molecule has 0 aromatic carbocycles. The molecule has 1 unspecified atom stereocenters. The van der Waals surface area contributed by atoms with E-state index in [9.17, 15) is 15.3 Å². The summed E-state index contributed by atoms with van der Waals surface area (Å²) in [5.41, 5.74) is 0.389. The normalized spacial score (nSPS) is 12.9. The predicted octanol–water partition coefficient (Wildman–Crippen LogP) is 0.721. The molecule has 0 saturated heterocycles. The average Bonchev–Trinajstić information content (AvgIpc) is 2.15. The largest absolute Gasteiger partial charge is 0.628 e. The van der Waals surface area contributed by atoms with Gasteiger partial charge in [-0.2, -0.15) is 0 Å². The summed E-state index contributed by atoms with van der Waals surface area (Å²) in [5, 5.41) is 22.0. The Labute approximate surface area is 87.3 Å². The van der Waals surface area contributed by atoms with Gasteiger partial charge in [-0.3, -0.25) is 10.1 Å². The fourth-order valence-electron chi connectivity index (χ4n) is 1.18. The fraction of sp³-hybridized carbons (Fsp3) is 0.444. The molecule has 1 rings (SSSR count). The molecule has 6 nitrogen and oxygen atoms in total. The number of nitro groups is 1. The highest BCUT2D eigenvalue weighted by atomic mass is 16.6. The van der Waals surface area contributed by atoms with Crippen LogP contribution in [-0.4, -0.2) is 15.9 Å². The van der Waals surface area contributed by atoms with Crippen LogP contribution in [0, 0.1) is 22.2 Å². The molecule has 1 aromatic heterocycles. The van der Waals surface area contributed by atoms with Crippen molar-refractivity contribution >= 4 is 11.5 Å². The first-order chi connectivity index (χ1) is 6.91. The highest BCUT2D eigenvalue weighted by molar-refractivity contribution is 5.38. The second-order valence-electron chi connectivity index (χ2n) is 3.63. The van der Waals surface area contributed by atoms with Crippen molar-refractivity contribution in [2.24, 2.45) is 0 Å². The minimum Gasteiger partial charge on any atom is -0.628 e. The van der Waals surface area contributed by atoms with Crippen molar-refractivity contribution in [3.05, 3.63) is 33.1 Å². The average molecular weight is 211 g/mol. The van der Waals surface area contributed by atoms with E-state index in [1.54, 1.807) is 20.8 Å². The molecular formula is C9H13N3O3. The zero-order valence-corrected chi connectivity index (χ0v) is 8.85. The summed E-state index contributed by atoms with van der Waals surface area (Å²) in [6, 6.07) is 2.35.